The molecule has 0 radical (unpaired) electrons. The predicted octanol–water partition coefficient (Wildman–Crippen LogP) is 2.54. The van der Waals surface area contributed by atoms with Gasteiger partial charge in [-0.05, 0) is 43.2 Å². The smallest absolute Gasteiger partial charge is 0.227 e. The van der Waals surface area contributed by atoms with Crippen LogP contribution in [0.4, 0.5) is 21.8 Å². The second kappa shape index (κ2) is 6.63. The molecule has 0 amide bonds. The molecule has 4 rings (SSSR count). The van der Waals surface area contributed by atoms with E-state index in [9.17, 15) is 4.39 Å². The summed E-state index contributed by atoms with van der Waals surface area (Å²) in [6.07, 6.45) is 4.35. The predicted molar refractivity (Wildman–Crippen MR) is 94.3 cm³/mol. The molecule has 0 atom stereocenters. The van der Waals surface area contributed by atoms with Crippen LogP contribution < -0.4 is 14.7 Å². The standard InChI is InChI=1S/C18H22FN5/c19-15-3-5-16(6-4-15)22-11-13-24(14-12-22)18-20-8-7-17(21-18)23-9-1-2-10-23/h3-8H,1-2,9-14H2. The lowest BCUT2D eigenvalue weighted by atomic mass is 10.2. The van der Waals surface area contributed by atoms with Crippen molar-refractivity contribution >= 4 is 17.5 Å². The number of hydrogen-bond acceptors (Lipinski definition) is 5. The van der Waals surface area contributed by atoms with E-state index in [1.165, 1.54) is 25.0 Å². The van der Waals surface area contributed by atoms with Gasteiger partial charge in [0.15, 0.2) is 0 Å². The molecule has 2 aromatic rings. The highest BCUT2D eigenvalue weighted by molar-refractivity contribution is 5.49. The highest BCUT2D eigenvalue weighted by Gasteiger charge is 2.21. The van der Waals surface area contributed by atoms with Crippen LogP contribution in [0.2, 0.25) is 0 Å². The minimum absolute atomic E-state index is 0.190. The Morgan fingerprint density at radius 1 is 0.750 bits per heavy atom. The number of hydrogen-bond donors (Lipinski definition) is 0. The number of rotatable bonds is 3. The van der Waals surface area contributed by atoms with Crippen molar-refractivity contribution in [3.8, 4) is 0 Å². The SMILES string of the molecule is Fc1ccc(N2CCN(c3nccc(N4CCCC4)n3)CC2)cc1. The third-order valence-electron chi connectivity index (χ3n) is 4.81. The summed E-state index contributed by atoms with van der Waals surface area (Å²) in [6.45, 7) is 5.72. The summed E-state index contributed by atoms with van der Waals surface area (Å²) < 4.78 is 13.1. The van der Waals surface area contributed by atoms with E-state index in [0.29, 0.717) is 0 Å². The fourth-order valence-electron chi connectivity index (χ4n) is 3.43. The van der Waals surface area contributed by atoms with Gasteiger partial charge >= 0.3 is 0 Å². The average Bonchev–Trinajstić information content (AvgIpc) is 3.17. The van der Waals surface area contributed by atoms with Crippen molar-refractivity contribution in [3.05, 3.63) is 42.3 Å². The van der Waals surface area contributed by atoms with E-state index in [-0.39, 0.29) is 5.82 Å². The maximum atomic E-state index is 13.1. The zero-order valence-corrected chi connectivity index (χ0v) is 13.7. The van der Waals surface area contributed by atoms with Crippen molar-refractivity contribution in [1.82, 2.24) is 9.97 Å². The first-order valence-corrected chi connectivity index (χ1v) is 8.63. The van der Waals surface area contributed by atoms with Gasteiger partial charge in [-0.25, -0.2) is 9.37 Å². The van der Waals surface area contributed by atoms with Crippen LogP contribution in [0.25, 0.3) is 0 Å². The first-order chi connectivity index (χ1) is 11.8. The van der Waals surface area contributed by atoms with E-state index in [2.05, 4.69) is 19.7 Å². The molecular formula is C18H22FN5. The minimum atomic E-state index is -0.190. The fraction of sp³-hybridized carbons (Fsp3) is 0.444. The van der Waals surface area contributed by atoms with Gasteiger partial charge in [0, 0.05) is 51.2 Å². The molecule has 1 aromatic heterocycles. The summed E-state index contributed by atoms with van der Waals surface area (Å²) in [6, 6.07) is 8.73. The molecule has 24 heavy (non-hydrogen) atoms. The van der Waals surface area contributed by atoms with E-state index in [0.717, 1.165) is 56.7 Å². The summed E-state index contributed by atoms with van der Waals surface area (Å²) in [5, 5.41) is 0. The van der Waals surface area contributed by atoms with E-state index < -0.39 is 0 Å². The second-order valence-electron chi connectivity index (χ2n) is 6.36. The first kappa shape index (κ1) is 15.2. The van der Waals surface area contributed by atoms with Crippen LogP contribution in [0.3, 0.4) is 0 Å². The van der Waals surface area contributed by atoms with Gasteiger partial charge in [0.2, 0.25) is 5.95 Å². The summed E-state index contributed by atoms with van der Waals surface area (Å²) in [5.41, 5.74) is 1.07. The Hall–Kier alpha value is -2.37. The van der Waals surface area contributed by atoms with E-state index >= 15 is 0 Å². The maximum Gasteiger partial charge on any atom is 0.227 e. The van der Waals surface area contributed by atoms with Gasteiger partial charge in [-0.1, -0.05) is 0 Å². The first-order valence-electron chi connectivity index (χ1n) is 8.63. The summed E-state index contributed by atoms with van der Waals surface area (Å²) >= 11 is 0. The van der Waals surface area contributed by atoms with Crippen molar-refractivity contribution in [2.24, 2.45) is 0 Å². The van der Waals surface area contributed by atoms with Crippen LogP contribution in [0.5, 0.6) is 0 Å². The van der Waals surface area contributed by atoms with Crippen LogP contribution in [-0.4, -0.2) is 49.2 Å². The highest BCUT2D eigenvalue weighted by atomic mass is 19.1. The van der Waals surface area contributed by atoms with E-state index in [1.807, 2.05) is 24.4 Å². The molecule has 2 fully saturated rings. The summed E-state index contributed by atoms with van der Waals surface area (Å²) in [4.78, 5) is 16.1. The van der Waals surface area contributed by atoms with Crippen molar-refractivity contribution in [2.75, 3.05) is 54.0 Å². The largest absolute Gasteiger partial charge is 0.368 e. The zero-order chi connectivity index (χ0) is 16.4. The molecule has 0 aliphatic carbocycles. The lowest BCUT2D eigenvalue weighted by molar-refractivity contribution is 0.623. The number of benzene rings is 1. The van der Waals surface area contributed by atoms with E-state index in [1.54, 1.807) is 0 Å². The molecule has 2 aliphatic heterocycles. The summed E-state index contributed by atoms with van der Waals surface area (Å²) in [7, 11) is 0. The number of anilines is 3. The van der Waals surface area contributed by atoms with Gasteiger partial charge in [-0.2, -0.15) is 4.98 Å². The Morgan fingerprint density at radius 3 is 2.12 bits per heavy atom. The Kier molecular flexibility index (Phi) is 4.19. The minimum Gasteiger partial charge on any atom is -0.368 e. The van der Waals surface area contributed by atoms with Gasteiger partial charge in [0.25, 0.3) is 0 Å². The molecule has 0 bridgehead atoms. The van der Waals surface area contributed by atoms with Crippen LogP contribution in [0.15, 0.2) is 36.5 Å². The van der Waals surface area contributed by atoms with Crippen LogP contribution >= 0.6 is 0 Å². The number of nitrogens with zero attached hydrogens (tertiary/aromatic N) is 5. The number of piperazine rings is 1. The third-order valence-corrected chi connectivity index (χ3v) is 4.81. The fourth-order valence-corrected chi connectivity index (χ4v) is 3.43. The lowest BCUT2D eigenvalue weighted by Gasteiger charge is -2.36. The summed E-state index contributed by atoms with van der Waals surface area (Å²) in [5.74, 6) is 1.67. The molecule has 0 saturated carbocycles. The maximum absolute atomic E-state index is 13.1. The molecule has 0 N–H and O–H groups in total. The third kappa shape index (κ3) is 3.13. The Bertz CT molecular complexity index is 676. The number of aromatic nitrogens is 2. The lowest BCUT2D eigenvalue weighted by Crippen LogP contribution is -2.47. The van der Waals surface area contributed by atoms with Crippen LogP contribution in [-0.2, 0) is 0 Å². The molecule has 0 spiro atoms. The molecule has 6 heteroatoms. The molecule has 1 aromatic carbocycles. The van der Waals surface area contributed by atoms with Gasteiger partial charge in [-0.15, -0.1) is 0 Å². The van der Waals surface area contributed by atoms with Crippen LogP contribution in [0.1, 0.15) is 12.8 Å². The second-order valence-corrected chi connectivity index (χ2v) is 6.36. The molecule has 2 saturated heterocycles. The van der Waals surface area contributed by atoms with Crippen molar-refractivity contribution < 1.29 is 4.39 Å². The van der Waals surface area contributed by atoms with Crippen LogP contribution in [0, 0.1) is 5.82 Å². The molecule has 2 aliphatic rings. The van der Waals surface area contributed by atoms with Gasteiger partial charge in [0.1, 0.15) is 11.6 Å². The average molecular weight is 327 g/mol. The quantitative estimate of drug-likeness (QED) is 0.866. The highest BCUT2D eigenvalue weighted by Crippen LogP contribution is 2.22. The van der Waals surface area contributed by atoms with Crippen molar-refractivity contribution in [2.45, 2.75) is 12.8 Å². The van der Waals surface area contributed by atoms with Gasteiger partial charge in [0.05, 0.1) is 0 Å². The van der Waals surface area contributed by atoms with Gasteiger partial charge in [-0.3, -0.25) is 0 Å². The normalized spacial score (nSPS) is 18.3. The molecule has 126 valence electrons. The number of halogens is 1. The van der Waals surface area contributed by atoms with Gasteiger partial charge < -0.3 is 14.7 Å². The van der Waals surface area contributed by atoms with Crippen molar-refractivity contribution in [1.29, 1.82) is 0 Å². The topological polar surface area (TPSA) is 35.5 Å². The molecular weight excluding hydrogens is 305 g/mol. The Morgan fingerprint density at radius 2 is 1.42 bits per heavy atom. The molecule has 5 nitrogen and oxygen atoms in total. The monoisotopic (exact) mass is 327 g/mol. The molecule has 3 heterocycles. The molecule has 0 unspecified atom stereocenters. The Labute approximate surface area is 141 Å². The van der Waals surface area contributed by atoms with E-state index in [4.69, 9.17) is 4.98 Å². The Balaban J connectivity index is 1.42. The zero-order valence-electron chi connectivity index (χ0n) is 13.7. The van der Waals surface area contributed by atoms with Crippen molar-refractivity contribution in [3.63, 3.8) is 0 Å².